The number of aryl methyl sites for hydroxylation is 1. The smallest absolute Gasteiger partial charge is 0.256 e. The normalized spacial score (nSPS) is 15.9. The molecule has 9 nitrogen and oxygen atoms in total. The van der Waals surface area contributed by atoms with E-state index in [1.54, 1.807) is 33.9 Å². The lowest BCUT2D eigenvalue weighted by Gasteiger charge is -2.11. The summed E-state index contributed by atoms with van der Waals surface area (Å²) in [7, 11) is 0. The number of carbonyl (C=O) groups is 1. The minimum absolute atomic E-state index is 0.0269. The fourth-order valence-electron chi connectivity index (χ4n) is 6.13. The monoisotopic (exact) mass is 604 g/mol. The highest BCUT2D eigenvalue weighted by molar-refractivity contribution is 6.31. The summed E-state index contributed by atoms with van der Waals surface area (Å²) in [6.07, 6.45) is 7.17. The number of anilines is 1. The third kappa shape index (κ3) is 4.53. The van der Waals surface area contributed by atoms with E-state index in [0.29, 0.717) is 45.4 Å². The molecule has 6 aromatic rings. The van der Waals surface area contributed by atoms with E-state index in [1.165, 1.54) is 6.07 Å². The quantitative estimate of drug-likeness (QED) is 0.223. The van der Waals surface area contributed by atoms with Crippen molar-refractivity contribution >= 4 is 34.2 Å². The van der Waals surface area contributed by atoms with Gasteiger partial charge in [-0.2, -0.15) is 9.78 Å². The van der Waals surface area contributed by atoms with Gasteiger partial charge in [0, 0.05) is 34.1 Å². The Kier molecular flexibility index (Phi) is 6.26. The summed E-state index contributed by atoms with van der Waals surface area (Å²) in [5.41, 5.74) is 5.84. The highest BCUT2D eigenvalue weighted by Crippen LogP contribution is 2.41. The molecule has 0 spiro atoms. The van der Waals surface area contributed by atoms with Crippen LogP contribution in [0, 0.1) is 12.7 Å². The van der Waals surface area contributed by atoms with Crippen LogP contribution in [0.4, 0.5) is 10.1 Å². The van der Waals surface area contributed by atoms with E-state index >= 15 is 4.39 Å². The molecule has 1 amide bonds. The lowest BCUT2D eigenvalue weighted by atomic mass is 10.1. The Morgan fingerprint density at radius 1 is 1.07 bits per heavy atom. The number of halogens is 2. The second-order valence-corrected chi connectivity index (χ2v) is 11.8. The van der Waals surface area contributed by atoms with E-state index in [1.807, 2.05) is 49.4 Å². The van der Waals surface area contributed by atoms with Gasteiger partial charge in [0.15, 0.2) is 11.5 Å². The molecule has 8 rings (SSSR count). The number of benzene rings is 2. The Morgan fingerprint density at radius 2 is 1.95 bits per heavy atom. The summed E-state index contributed by atoms with van der Waals surface area (Å²) in [6.45, 7) is 1.85. The SMILES string of the molecule is Cc1nn(-c2ccccn2)c2nc(C3CC3)cc(C(=O)Nc3ccc(F)c(-c4cn([C@@H]5CCc6c(Cl)cccc65)nn4)c3)c12. The third-order valence-electron chi connectivity index (χ3n) is 8.45. The number of pyridine rings is 2. The van der Waals surface area contributed by atoms with Crippen molar-refractivity contribution in [3.8, 4) is 17.1 Å². The van der Waals surface area contributed by atoms with Gasteiger partial charge in [0.05, 0.1) is 28.9 Å². The zero-order valence-corrected chi connectivity index (χ0v) is 24.5. The average molecular weight is 605 g/mol. The van der Waals surface area contributed by atoms with Gasteiger partial charge in [0.25, 0.3) is 5.91 Å². The van der Waals surface area contributed by atoms with Crippen LogP contribution in [-0.2, 0) is 6.42 Å². The minimum atomic E-state index is -0.459. The molecule has 1 saturated carbocycles. The molecule has 4 aromatic heterocycles. The summed E-state index contributed by atoms with van der Waals surface area (Å²) < 4.78 is 18.6. The Bertz CT molecular complexity index is 2090. The van der Waals surface area contributed by atoms with Crippen molar-refractivity contribution in [1.29, 1.82) is 0 Å². The van der Waals surface area contributed by atoms with Gasteiger partial charge in [0.2, 0.25) is 0 Å². The highest BCUT2D eigenvalue weighted by atomic mass is 35.5. The number of hydrogen-bond acceptors (Lipinski definition) is 6. The van der Waals surface area contributed by atoms with Crippen LogP contribution in [0.1, 0.15) is 64.1 Å². The molecule has 0 radical (unpaired) electrons. The zero-order chi connectivity index (χ0) is 29.9. The first kappa shape index (κ1) is 26.7. The Morgan fingerprint density at radius 3 is 2.77 bits per heavy atom. The molecule has 4 heterocycles. The topological polar surface area (TPSA) is 103 Å². The summed E-state index contributed by atoms with van der Waals surface area (Å²) in [6, 6.07) is 17.7. The first-order valence-electron chi connectivity index (χ1n) is 14.6. The van der Waals surface area contributed by atoms with Crippen molar-refractivity contribution < 1.29 is 9.18 Å². The fourth-order valence-corrected chi connectivity index (χ4v) is 6.40. The largest absolute Gasteiger partial charge is 0.322 e. The molecule has 218 valence electrons. The van der Waals surface area contributed by atoms with Crippen molar-refractivity contribution in [1.82, 2.24) is 34.7 Å². The maximum Gasteiger partial charge on any atom is 0.256 e. The molecule has 44 heavy (non-hydrogen) atoms. The third-order valence-corrected chi connectivity index (χ3v) is 8.80. The van der Waals surface area contributed by atoms with Crippen LogP contribution in [0.2, 0.25) is 5.02 Å². The van der Waals surface area contributed by atoms with E-state index < -0.39 is 5.82 Å². The Labute approximate surface area is 256 Å². The van der Waals surface area contributed by atoms with E-state index in [-0.39, 0.29) is 17.5 Å². The number of nitrogens with one attached hydrogen (secondary N) is 1. The first-order chi connectivity index (χ1) is 21.4. The first-order valence-corrected chi connectivity index (χ1v) is 14.9. The van der Waals surface area contributed by atoms with Crippen molar-refractivity contribution in [3.63, 3.8) is 0 Å². The van der Waals surface area contributed by atoms with Crippen LogP contribution < -0.4 is 5.32 Å². The molecule has 2 aliphatic rings. The molecule has 2 aromatic carbocycles. The van der Waals surface area contributed by atoms with Gasteiger partial charge in [-0.15, -0.1) is 5.10 Å². The molecule has 0 saturated heterocycles. The molecule has 2 aliphatic carbocycles. The summed E-state index contributed by atoms with van der Waals surface area (Å²) in [5.74, 6) is 0.141. The maximum atomic E-state index is 15.1. The molecule has 11 heteroatoms. The molecule has 0 aliphatic heterocycles. The molecule has 1 atom stereocenters. The second kappa shape index (κ2) is 10.3. The molecular weight excluding hydrogens is 579 g/mol. The van der Waals surface area contributed by atoms with Gasteiger partial charge in [0.1, 0.15) is 11.5 Å². The predicted molar refractivity (Wildman–Crippen MR) is 165 cm³/mol. The minimum Gasteiger partial charge on any atom is -0.322 e. The Hall–Kier alpha value is -4.96. The lowest BCUT2D eigenvalue weighted by molar-refractivity contribution is 0.102. The number of rotatable bonds is 6. The second-order valence-electron chi connectivity index (χ2n) is 11.3. The van der Waals surface area contributed by atoms with Crippen LogP contribution in [0.15, 0.2) is 73.1 Å². The summed E-state index contributed by atoms with van der Waals surface area (Å²) >= 11 is 6.40. The maximum absolute atomic E-state index is 15.1. The van der Waals surface area contributed by atoms with Crippen molar-refractivity contribution in [2.75, 3.05) is 5.32 Å². The lowest BCUT2D eigenvalue weighted by Crippen LogP contribution is -2.14. The zero-order valence-electron chi connectivity index (χ0n) is 23.7. The van der Waals surface area contributed by atoms with Crippen LogP contribution in [0.5, 0.6) is 0 Å². The number of amides is 1. The highest BCUT2D eigenvalue weighted by Gasteiger charge is 2.30. The molecular formula is C33H26ClFN8O. The van der Waals surface area contributed by atoms with Gasteiger partial charge in [-0.25, -0.2) is 19.0 Å². The number of aromatic nitrogens is 7. The van der Waals surface area contributed by atoms with Crippen LogP contribution in [0.25, 0.3) is 28.1 Å². The van der Waals surface area contributed by atoms with Gasteiger partial charge >= 0.3 is 0 Å². The standard InChI is InChI=1S/C33H26ClFN8O/c1-18-31-24(16-27(19-8-9-19)38-32(31)43(40-18)30-7-2-3-14-36-30)33(44)37-20-10-12-26(35)23(15-20)28-17-42(41-39-28)29-13-11-21-22(29)5-4-6-25(21)34/h2-7,10,12,14-17,19,29H,8-9,11,13H2,1H3,(H,37,44)/t29-/m1/s1. The van der Waals surface area contributed by atoms with Crippen LogP contribution >= 0.6 is 11.6 Å². The van der Waals surface area contributed by atoms with E-state index in [0.717, 1.165) is 47.5 Å². The molecule has 0 unspecified atom stereocenters. The number of fused-ring (bicyclic) bond motifs is 2. The molecule has 0 bridgehead atoms. The van der Waals surface area contributed by atoms with Gasteiger partial charge < -0.3 is 5.32 Å². The predicted octanol–water partition coefficient (Wildman–Crippen LogP) is 6.84. The summed E-state index contributed by atoms with van der Waals surface area (Å²) in [4.78, 5) is 23.2. The van der Waals surface area contributed by atoms with E-state index in [2.05, 4.69) is 25.7 Å². The number of carbonyl (C=O) groups excluding carboxylic acids is 1. The van der Waals surface area contributed by atoms with E-state index in [9.17, 15) is 4.79 Å². The van der Waals surface area contributed by atoms with Crippen LogP contribution in [0.3, 0.4) is 0 Å². The Balaban J connectivity index is 1.12. The van der Waals surface area contributed by atoms with Gasteiger partial charge in [-0.05, 0) is 86.2 Å². The van der Waals surface area contributed by atoms with Gasteiger partial charge in [-0.3, -0.25) is 4.79 Å². The van der Waals surface area contributed by atoms with E-state index in [4.69, 9.17) is 16.6 Å². The average Bonchev–Trinajstić information content (AvgIpc) is 3.45. The van der Waals surface area contributed by atoms with Crippen molar-refractivity contribution in [2.45, 2.75) is 44.6 Å². The van der Waals surface area contributed by atoms with Crippen molar-refractivity contribution in [2.24, 2.45) is 0 Å². The molecule has 1 N–H and O–H groups in total. The van der Waals surface area contributed by atoms with Gasteiger partial charge in [-0.1, -0.05) is 35.0 Å². The van der Waals surface area contributed by atoms with Crippen molar-refractivity contribution in [3.05, 3.63) is 112 Å². The number of hydrogen-bond donors (Lipinski definition) is 1. The number of nitrogens with zero attached hydrogens (tertiary/aromatic N) is 7. The van der Waals surface area contributed by atoms with Crippen LogP contribution in [-0.4, -0.2) is 40.6 Å². The summed E-state index contributed by atoms with van der Waals surface area (Å²) in [5, 5.41) is 17.7. The molecule has 1 fully saturated rings. The fraction of sp³-hybridized carbons (Fsp3) is 0.212.